The molecule has 2 aromatic rings. The number of nitrogens with zero attached hydrogens (tertiary/aromatic N) is 4. The molecule has 8 heteroatoms. The first-order valence-electron chi connectivity index (χ1n) is 11.0. The fraction of sp³-hybridized carbons (Fsp3) is 0.591. The zero-order valence-corrected chi connectivity index (χ0v) is 17.8. The summed E-state index contributed by atoms with van der Waals surface area (Å²) < 4.78 is 13.7. The van der Waals surface area contributed by atoms with Gasteiger partial charge in [-0.25, -0.2) is 0 Å². The zero-order chi connectivity index (χ0) is 20.1. The number of aromatic nitrogens is 3. The van der Waals surface area contributed by atoms with Crippen LogP contribution in [-0.2, 0) is 4.79 Å². The lowest BCUT2D eigenvalue weighted by Crippen LogP contribution is -2.32. The molecule has 2 aliphatic carbocycles. The molecule has 1 atom stereocenters. The van der Waals surface area contributed by atoms with Gasteiger partial charge in [0.25, 0.3) is 0 Å². The number of hydrogen-bond donors (Lipinski definition) is 0. The monoisotopic (exact) mass is 426 g/mol. The van der Waals surface area contributed by atoms with E-state index in [9.17, 15) is 4.79 Å². The Morgan fingerprint density at radius 3 is 2.70 bits per heavy atom. The summed E-state index contributed by atoms with van der Waals surface area (Å²) in [4.78, 5) is 15.2. The minimum atomic E-state index is 0.109. The second-order valence-electron chi connectivity index (χ2n) is 8.65. The smallest absolute Gasteiger partial charge is 0.233 e. The summed E-state index contributed by atoms with van der Waals surface area (Å²) in [6.07, 6.45) is 6.87. The van der Waals surface area contributed by atoms with Crippen molar-refractivity contribution in [2.45, 2.75) is 61.7 Å². The van der Waals surface area contributed by atoms with Gasteiger partial charge in [0.1, 0.15) is 19.0 Å². The Labute approximate surface area is 180 Å². The number of hydrogen-bond acceptors (Lipinski definition) is 6. The lowest BCUT2D eigenvalue weighted by molar-refractivity contribution is -0.129. The SMILES string of the molecule is O=C(CSc1nnc(C2CC2)n1C1CC1)N1CCCC1c1ccc2c(c1)OCCO2. The summed E-state index contributed by atoms with van der Waals surface area (Å²) in [5.74, 6) is 3.90. The summed E-state index contributed by atoms with van der Waals surface area (Å²) in [5, 5.41) is 9.82. The van der Waals surface area contributed by atoms with Crippen LogP contribution in [0.25, 0.3) is 0 Å². The molecule has 0 N–H and O–H groups in total. The van der Waals surface area contributed by atoms with Crippen molar-refractivity contribution in [2.75, 3.05) is 25.5 Å². The van der Waals surface area contributed by atoms with Gasteiger partial charge >= 0.3 is 0 Å². The lowest BCUT2D eigenvalue weighted by Gasteiger charge is -2.26. The van der Waals surface area contributed by atoms with Gasteiger partial charge in [0.15, 0.2) is 16.7 Å². The molecule has 3 fully saturated rings. The molecule has 0 bridgehead atoms. The number of carbonyl (C=O) groups is 1. The van der Waals surface area contributed by atoms with Crippen molar-refractivity contribution in [1.29, 1.82) is 0 Å². The normalized spacial score (nSPS) is 23.1. The Morgan fingerprint density at radius 1 is 1.07 bits per heavy atom. The summed E-state index contributed by atoms with van der Waals surface area (Å²) in [6, 6.07) is 6.74. The fourth-order valence-electron chi connectivity index (χ4n) is 4.57. The topological polar surface area (TPSA) is 69.5 Å². The molecule has 1 saturated heterocycles. The molecule has 3 heterocycles. The third-order valence-corrected chi connectivity index (χ3v) is 7.32. The van der Waals surface area contributed by atoms with Crippen LogP contribution in [0.15, 0.2) is 23.4 Å². The van der Waals surface area contributed by atoms with E-state index in [-0.39, 0.29) is 11.9 Å². The van der Waals surface area contributed by atoms with Crippen molar-refractivity contribution in [3.05, 3.63) is 29.6 Å². The van der Waals surface area contributed by atoms with Crippen LogP contribution in [0.5, 0.6) is 11.5 Å². The van der Waals surface area contributed by atoms with Crippen molar-refractivity contribution in [3.63, 3.8) is 0 Å². The Hall–Kier alpha value is -2.22. The van der Waals surface area contributed by atoms with E-state index in [1.807, 2.05) is 17.0 Å². The van der Waals surface area contributed by atoms with Gasteiger partial charge in [-0.1, -0.05) is 17.8 Å². The van der Waals surface area contributed by atoms with E-state index >= 15 is 0 Å². The summed E-state index contributed by atoms with van der Waals surface area (Å²) in [7, 11) is 0. The zero-order valence-electron chi connectivity index (χ0n) is 17.0. The second-order valence-corrected chi connectivity index (χ2v) is 9.60. The largest absolute Gasteiger partial charge is 0.486 e. The quantitative estimate of drug-likeness (QED) is 0.656. The Morgan fingerprint density at radius 2 is 1.90 bits per heavy atom. The maximum Gasteiger partial charge on any atom is 0.233 e. The Balaban J connectivity index is 1.16. The molecule has 30 heavy (non-hydrogen) atoms. The number of rotatable bonds is 6. The average molecular weight is 427 g/mol. The molecule has 1 aromatic heterocycles. The average Bonchev–Trinajstić information content (AvgIpc) is 3.71. The number of fused-ring (bicyclic) bond motifs is 1. The molecule has 0 radical (unpaired) electrons. The van der Waals surface area contributed by atoms with Crippen LogP contribution in [0.4, 0.5) is 0 Å². The molecular weight excluding hydrogens is 400 g/mol. The van der Waals surface area contributed by atoms with E-state index in [2.05, 4.69) is 20.8 Å². The fourth-order valence-corrected chi connectivity index (χ4v) is 5.47. The third-order valence-electron chi connectivity index (χ3n) is 6.39. The number of likely N-dealkylation sites (tertiary alicyclic amines) is 1. The van der Waals surface area contributed by atoms with Crippen molar-refractivity contribution in [3.8, 4) is 11.5 Å². The van der Waals surface area contributed by atoms with E-state index in [1.165, 1.54) is 25.7 Å². The van der Waals surface area contributed by atoms with Gasteiger partial charge in [0.2, 0.25) is 5.91 Å². The van der Waals surface area contributed by atoms with Crippen molar-refractivity contribution < 1.29 is 14.3 Å². The van der Waals surface area contributed by atoms with E-state index in [0.717, 1.165) is 47.4 Å². The van der Waals surface area contributed by atoms with Crippen LogP contribution in [0.3, 0.4) is 0 Å². The highest BCUT2D eigenvalue weighted by Crippen LogP contribution is 2.46. The van der Waals surface area contributed by atoms with Gasteiger partial charge in [-0.3, -0.25) is 4.79 Å². The van der Waals surface area contributed by atoms with Crippen LogP contribution < -0.4 is 9.47 Å². The van der Waals surface area contributed by atoms with E-state index in [4.69, 9.17) is 9.47 Å². The molecule has 1 amide bonds. The molecule has 1 aromatic carbocycles. The maximum atomic E-state index is 13.1. The highest BCUT2D eigenvalue weighted by molar-refractivity contribution is 7.99. The lowest BCUT2D eigenvalue weighted by atomic mass is 10.0. The van der Waals surface area contributed by atoms with Crippen molar-refractivity contribution in [1.82, 2.24) is 19.7 Å². The number of ether oxygens (including phenoxy) is 2. The molecular formula is C22H26N4O3S. The molecule has 158 valence electrons. The van der Waals surface area contributed by atoms with Gasteiger partial charge in [-0.2, -0.15) is 0 Å². The third kappa shape index (κ3) is 3.45. The number of benzene rings is 1. The molecule has 7 nitrogen and oxygen atoms in total. The van der Waals surface area contributed by atoms with Crippen molar-refractivity contribution in [2.24, 2.45) is 0 Å². The van der Waals surface area contributed by atoms with Crippen LogP contribution >= 0.6 is 11.8 Å². The molecule has 1 unspecified atom stereocenters. The van der Waals surface area contributed by atoms with Gasteiger partial charge in [-0.15, -0.1) is 10.2 Å². The summed E-state index contributed by atoms with van der Waals surface area (Å²) >= 11 is 1.55. The van der Waals surface area contributed by atoms with Crippen LogP contribution in [0, 0.1) is 0 Å². The first-order valence-corrected chi connectivity index (χ1v) is 12.0. The van der Waals surface area contributed by atoms with Gasteiger partial charge < -0.3 is 18.9 Å². The maximum absolute atomic E-state index is 13.1. The Bertz CT molecular complexity index is 969. The molecule has 0 spiro atoms. The summed E-state index contributed by atoms with van der Waals surface area (Å²) in [5.41, 5.74) is 1.13. The van der Waals surface area contributed by atoms with Crippen LogP contribution in [-0.4, -0.2) is 51.1 Å². The number of thioether (sulfide) groups is 1. The number of amides is 1. The molecule has 4 aliphatic rings. The summed E-state index contributed by atoms with van der Waals surface area (Å²) in [6.45, 7) is 1.97. The predicted octanol–water partition coefficient (Wildman–Crippen LogP) is 3.72. The van der Waals surface area contributed by atoms with Gasteiger partial charge in [-0.05, 0) is 56.2 Å². The van der Waals surface area contributed by atoms with E-state index < -0.39 is 0 Å². The highest BCUT2D eigenvalue weighted by atomic mass is 32.2. The minimum absolute atomic E-state index is 0.109. The van der Waals surface area contributed by atoms with Crippen molar-refractivity contribution >= 4 is 17.7 Å². The highest BCUT2D eigenvalue weighted by Gasteiger charge is 2.37. The predicted molar refractivity (Wildman–Crippen MR) is 112 cm³/mol. The van der Waals surface area contributed by atoms with Crippen LogP contribution in [0.1, 0.15) is 67.9 Å². The van der Waals surface area contributed by atoms with Crippen LogP contribution in [0.2, 0.25) is 0 Å². The first kappa shape index (κ1) is 18.5. The Kier molecular flexibility index (Phi) is 4.62. The minimum Gasteiger partial charge on any atom is -0.486 e. The molecule has 2 saturated carbocycles. The molecule has 6 rings (SSSR count). The standard InChI is InChI=1S/C22H26N4O3S/c27-20(13-30-22-24-23-21(14-3-4-14)26(22)16-6-7-16)25-9-1-2-17(25)15-5-8-18-19(12-15)29-11-10-28-18/h5,8,12,14,16-17H,1-4,6-7,9-11,13H2. The van der Waals surface area contributed by atoms with E-state index in [1.54, 1.807) is 11.8 Å². The van der Waals surface area contributed by atoms with E-state index in [0.29, 0.717) is 30.9 Å². The van der Waals surface area contributed by atoms with Gasteiger partial charge in [0.05, 0.1) is 11.8 Å². The second kappa shape index (κ2) is 7.48. The van der Waals surface area contributed by atoms with Gasteiger partial charge in [0, 0.05) is 18.5 Å². The first-order chi connectivity index (χ1) is 14.8. The number of carbonyl (C=O) groups excluding carboxylic acids is 1. The molecule has 2 aliphatic heterocycles.